The summed E-state index contributed by atoms with van der Waals surface area (Å²) in [6, 6.07) is 11.9. The van der Waals surface area contributed by atoms with Gasteiger partial charge in [0.15, 0.2) is 6.54 Å². The minimum atomic E-state index is -0.0930. The number of likely N-dealkylation sites (tertiary alicyclic amines) is 1. The summed E-state index contributed by atoms with van der Waals surface area (Å²) in [6.45, 7) is 11.6. The normalized spacial score (nSPS) is 15.9. The molecule has 4 N–H and O–H groups in total. The number of nitrogens with zero attached hydrogens (tertiary/aromatic N) is 2. The summed E-state index contributed by atoms with van der Waals surface area (Å²) in [6.07, 6.45) is 7.06. The molecule has 2 aromatic rings. The lowest BCUT2D eigenvalue weighted by molar-refractivity contribution is -0.921. The summed E-state index contributed by atoms with van der Waals surface area (Å²) in [7, 11) is 0. The number of aliphatic hydroxyl groups is 2. The fraction of sp³-hybridized carbons (Fsp3) is 0.588. The van der Waals surface area contributed by atoms with Crippen LogP contribution in [0, 0.1) is 27.7 Å². The van der Waals surface area contributed by atoms with Crippen molar-refractivity contribution in [1.29, 1.82) is 0 Å². The Bertz CT molecular complexity index is 1120. The van der Waals surface area contributed by atoms with Gasteiger partial charge in [-0.2, -0.15) is 0 Å². The Morgan fingerprint density at radius 2 is 1.33 bits per heavy atom. The van der Waals surface area contributed by atoms with Crippen LogP contribution >= 0.6 is 0 Å². The fourth-order valence-corrected chi connectivity index (χ4v) is 6.38. The number of hydrogen-bond acceptors (Lipinski definition) is 5. The molecule has 1 unspecified atom stereocenters. The lowest BCUT2D eigenvalue weighted by Crippen LogP contribution is -2.56. The zero-order valence-electron chi connectivity index (χ0n) is 26.3. The van der Waals surface area contributed by atoms with E-state index in [1.807, 2.05) is 64.1 Å². The highest BCUT2D eigenvalue weighted by Crippen LogP contribution is 2.24. The summed E-state index contributed by atoms with van der Waals surface area (Å²) in [5, 5.41) is 25.9. The molecule has 0 bridgehead atoms. The first-order chi connectivity index (χ1) is 20.2. The van der Waals surface area contributed by atoms with Crippen LogP contribution in [0.15, 0.2) is 36.4 Å². The van der Waals surface area contributed by atoms with Crippen LogP contribution < -0.4 is 10.6 Å². The third-order valence-corrected chi connectivity index (χ3v) is 8.85. The van der Waals surface area contributed by atoms with Gasteiger partial charge in [0, 0.05) is 11.4 Å². The molecule has 1 aliphatic heterocycles. The van der Waals surface area contributed by atoms with Gasteiger partial charge in [-0.1, -0.05) is 49.2 Å². The van der Waals surface area contributed by atoms with E-state index in [4.69, 9.17) is 0 Å². The largest absolute Gasteiger partial charge is 0.391 e. The summed E-state index contributed by atoms with van der Waals surface area (Å²) < 4.78 is 0.371. The van der Waals surface area contributed by atoms with Crippen LogP contribution in [0.3, 0.4) is 0 Å². The summed E-state index contributed by atoms with van der Waals surface area (Å²) in [5.41, 5.74) is 5.99. The molecule has 232 valence electrons. The summed E-state index contributed by atoms with van der Waals surface area (Å²) in [4.78, 5) is 28.7. The Morgan fingerprint density at radius 3 is 1.90 bits per heavy atom. The smallest absolute Gasteiger partial charge is 0.279 e. The van der Waals surface area contributed by atoms with Gasteiger partial charge in [-0.25, -0.2) is 0 Å². The number of aryl methyl sites for hydroxylation is 4. The number of aliphatic hydroxyl groups excluding tert-OH is 2. The number of piperidine rings is 1. The molecular formula is C34H53N4O4+. The van der Waals surface area contributed by atoms with Crippen molar-refractivity contribution in [1.82, 2.24) is 4.90 Å². The second-order valence-electron chi connectivity index (χ2n) is 12.2. The van der Waals surface area contributed by atoms with Gasteiger partial charge in [0.2, 0.25) is 5.91 Å². The second kappa shape index (κ2) is 16.8. The second-order valence-corrected chi connectivity index (χ2v) is 12.2. The van der Waals surface area contributed by atoms with Crippen LogP contribution in [0.25, 0.3) is 0 Å². The number of benzene rings is 2. The van der Waals surface area contributed by atoms with Crippen LogP contribution in [0.2, 0.25) is 0 Å². The van der Waals surface area contributed by atoms with Crippen LogP contribution in [0.4, 0.5) is 11.4 Å². The molecule has 2 amide bonds. The molecule has 0 saturated carbocycles. The molecular weight excluding hydrogens is 528 g/mol. The van der Waals surface area contributed by atoms with Crippen LogP contribution in [0.5, 0.6) is 0 Å². The monoisotopic (exact) mass is 581 g/mol. The van der Waals surface area contributed by atoms with Crippen LogP contribution in [-0.2, 0) is 9.59 Å². The Hall–Kier alpha value is -2.78. The highest BCUT2D eigenvalue weighted by Gasteiger charge is 2.31. The van der Waals surface area contributed by atoms with E-state index >= 15 is 0 Å². The van der Waals surface area contributed by atoms with Gasteiger partial charge in [-0.05, 0) is 95.1 Å². The lowest BCUT2D eigenvalue weighted by atomic mass is 10.00. The zero-order valence-corrected chi connectivity index (χ0v) is 26.3. The number of carbonyl (C=O) groups is 2. The van der Waals surface area contributed by atoms with E-state index in [1.165, 1.54) is 0 Å². The number of amides is 2. The molecule has 42 heavy (non-hydrogen) atoms. The van der Waals surface area contributed by atoms with E-state index in [9.17, 15) is 19.8 Å². The Balaban J connectivity index is 1.49. The number of quaternary nitrogens is 1. The first kappa shape index (κ1) is 33.7. The van der Waals surface area contributed by atoms with Gasteiger partial charge in [0.25, 0.3) is 5.91 Å². The molecule has 0 aromatic heterocycles. The minimum Gasteiger partial charge on any atom is -0.391 e. The minimum absolute atomic E-state index is 0.0306. The maximum atomic E-state index is 13.3. The van der Waals surface area contributed by atoms with Crippen molar-refractivity contribution in [3.05, 3.63) is 58.7 Å². The van der Waals surface area contributed by atoms with Crippen LogP contribution in [-0.4, -0.2) is 89.9 Å². The van der Waals surface area contributed by atoms with Crippen molar-refractivity contribution in [3.8, 4) is 0 Å². The van der Waals surface area contributed by atoms with E-state index in [1.54, 1.807) is 0 Å². The number of nitrogens with one attached hydrogen (secondary N) is 2. The number of carbonyl (C=O) groups excluding carboxylic acids is 2. The summed E-state index contributed by atoms with van der Waals surface area (Å²) in [5.74, 6) is 0.00552. The number of unbranched alkanes of at least 4 members (excludes halogenated alkanes) is 3. The van der Waals surface area contributed by atoms with E-state index in [2.05, 4.69) is 15.5 Å². The SMILES string of the molecule is Cc1cccc(C)c1NC(=O)C[N+](CCO)(CCO)CCCCCCN1CCCCC1C(=O)Nc1c(C)cccc1C. The van der Waals surface area contributed by atoms with E-state index in [0.717, 1.165) is 98.2 Å². The first-order valence-electron chi connectivity index (χ1n) is 15.7. The molecule has 0 spiro atoms. The van der Waals surface area contributed by atoms with Crippen molar-refractivity contribution in [2.45, 2.75) is 78.7 Å². The molecule has 0 radical (unpaired) electrons. The molecule has 8 heteroatoms. The quantitative estimate of drug-likeness (QED) is 0.170. The number of hydrogen-bond donors (Lipinski definition) is 4. The van der Waals surface area contributed by atoms with Gasteiger partial charge in [0.05, 0.1) is 25.8 Å². The molecule has 2 aromatic carbocycles. The van der Waals surface area contributed by atoms with Crippen molar-refractivity contribution in [3.63, 3.8) is 0 Å². The van der Waals surface area contributed by atoms with Crippen molar-refractivity contribution in [2.75, 3.05) is 63.1 Å². The molecule has 1 atom stereocenters. The van der Waals surface area contributed by atoms with E-state index < -0.39 is 0 Å². The fourth-order valence-electron chi connectivity index (χ4n) is 6.38. The maximum Gasteiger partial charge on any atom is 0.279 e. The maximum absolute atomic E-state index is 13.3. The topological polar surface area (TPSA) is 102 Å². The highest BCUT2D eigenvalue weighted by atomic mass is 16.3. The summed E-state index contributed by atoms with van der Waals surface area (Å²) >= 11 is 0. The standard InChI is InChI=1S/C34H52N4O4/c1-26-13-11-14-27(2)32(26)35-31(41)25-38(21-23-39,22-24-40)20-10-6-5-8-18-37-19-9-7-17-30(37)34(42)36-33-28(3)15-12-16-29(33)4/h11-16,30,39-40H,5-10,17-25H2,1-4H3,(H-,35,36,41,42)/p+1. The Kier molecular flexibility index (Phi) is 13.4. The Morgan fingerprint density at radius 1 is 0.786 bits per heavy atom. The molecule has 8 nitrogen and oxygen atoms in total. The molecule has 1 aliphatic rings. The predicted octanol–water partition coefficient (Wildman–Crippen LogP) is 4.71. The van der Waals surface area contributed by atoms with Crippen molar-refractivity contribution in [2.24, 2.45) is 0 Å². The Labute approximate surface area is 252 Å². The van der Waals surface area contributed by atoms with E-state index in [-0.39, 0.29) is 37.6 Å². The van der Waals surface area contributed by atoms with Crippen LogP contribution in [0.1, 0.15) is 67.2 Å². The van der Waals surface area contributed by atoms with Gasteiger partial charge in [0.1, 0.15) is 13.1 Å². The first-order valence-corrected chi connectivity index (χ1v) is 15.7. The zero-order chi connectivity index (χ0) is 30.5. The van der Waals surface area contributed by atoms with Gasteiger partial charge in [-0.15, -0.1) is 0 Å². The predicted molar refractivity (Wildman–Crippen MR) is 171 cm³/mol. The highest BCUT2D eigenvalue weighted by molar-refractivity contribution is 5.96. The van der Waals surface area contributed by atoms with Gasteiger partial charge in [-0.3, -0.25) is 14.5 Å². The molecule has 1 heterocycles. The molecule has 1 fully saturated rings. The molecule has 1 saturated heterocycles. The van der Waals surface area contributed by atoms with Crippen molar-refractivity contribution >= 4 is 23.2 Å². The number of anilines is 2. The molecule has 3 rings (SSSR count). The average molecular weight is 582 g/mol. The van der Waals surface area contributed by atoms with Crippen molar-refractivity contribution < 1.29 is 24.3 Å². The third kappa shape index (κ3) is 9.63. The number of para-hydroxylation sites is 2. The van der Waals surface area contributed by atoms with Gasteiger partial charge >= 0.3 is 0 Å². The number of rotatable bonds is 16. The molecule has 0 aliphatic carbocycles. The van der Waals surface area contributed by atoms with E-state index in [0.29, 0.717) is 17.6 Å². The average Bonchev–Trinajstić information content (AvgIpc) is 2.95. The lowest BCUT2D eigenvalue weighted by Gasteiger charge is -2.37. The van der Waals surface area contributed by atoms with Gasteiger partial charge < -0.3 is 25.3 Å². The third-order valence-electron chi connectivity index (χ3n) is 8.85.